The molecular formula is C26H25N3O5S. The Hall–Kier alpha value is -3.98. The van der Waals surface area contributed by atoms with E-state index in [4.69, 9.17) is 4.74 Å². The standard InChI is InChI=1S/C26H25N3O5S/c1-34-24-12-5-4-11-21(24)29-35(32,33)16-13-14-23(30)22(15-16)28-26(31)19-9-6-8-18-17-7-2-3-10-20(17)27-25(18)19/h4-6,8-9,11-15,27,29-30H,2-3,7,10H2,1H3,(H,28,31). The molecule has 35 heavy (non-hydrogen) atoms. The number of phenolic OH excluding ortho intramolecular Hbond substituents is 1. The summed E-state index contributed by atoms with van der Waals surface area (Å²) in [4.78, 5) is 16.5. The first-order valence-electron chi connectivity index (χ1n) is 11.3. The number of sulfonamides is 1. The van der Waals surface area contributed by atoms with E-state index in [9.17, 15) is 18.3 Å². The van der Waals surface area contributed by atoms with Crippen LogP contribution < -0.4 is 14.8 Å². The first kappa shape index (κ1) is 22.8. The van der Waals surface area contributed by atoms with Crippen LogP contribution in [0.4, 0.5) is 11.4 Å². The molecule has 4 aromatic rings. The highest BCUT2D eigenvalue weighted by molar-refractivity contribution is 7.92. The zero-order chi connectivity index (χ0) is 24.6. The number of amides is 1. The Bertz CT molecular complexity index is 1540. The summed E-state index contributed by atoms with van der Waals surface area (Å²) >= 11 is 0. The molecule has 0 bridgehead atoms. The predicted molar refractivity (Wildman–Crippen MR) is 135 cm³/mol. The van der Waals surface area contributed by atoms with Gasteiger partial charge in [-0.05, 0) is 67.6 Å². The zero-order valence-corrected chi connectivity index (χ0v) is 19.9. The first-order valence-corrected chi connectivity index (χ1v) is 12.8. The Balaban J connectivity index is 1.45. The van der Waals surface area contributed by atoms with Gasteiger partial charge in [0.05, 0.1) is 34.5 Å². The van der Waals surface area contributed by atoms with Crippen molar-refractivity contribution in [3.8, 4) is 11.5 Å². The highest BCUT2D eigenvalue weighted by atomic mass is 32.2. The summed E-state index contributed by atoms with van der Waals surface area (Å²) in [5.74, 6) is -0.325. The van der Waals surface area contributed by atoms with Gasteiger partial charge in [-0.15, -0.1) is 0 Å². The maximum Gasteiger partial charge on any atom is 0.262 e. The molecule has 8 nitrogen and oxygen atoms in total. The van der Waals surface area contributed by atoms with Gasteiger partial charge in [0.1, 0.15) is 11.5 Å². The lowest BCUT2D eigenvalue weighted by Crippen LogP contribution is -2.16. The minimum atomic E-state index is -4.02. The second-order valence-electron chi connectivity index (χ2n) is 8.46. The molecule has 9 heteroatoms. The molecule has 1 aliphatic carbocycles. The Morgan fingerprint density at radius 1 is 1.00 bits per heavy atom. The summed E-state index contributed by atoms with van der Waals surface area (Å²) < 4.78 is 33.7. The number of hydrogen-bond donors (Lipinski definition) is 4. The summed E-state index contributed by atoms with van der Waals surface area (Å²) in [5.41, 5.74) is 3.85. The van der Waals surface area contributed by atoms with Gasteiger partial charge in [-0.1, -0.05) is 24.3 Å². The lowest BCUT2D eigenvalue weighted by atomic mass is 9.95. The molecule has 0 saturated carbocycles. The van der Waals surface area contributed by atoms with Gasteiger partial charge < -0.3 is 20.1 Å². The van der Waals surface area contributed by atoms with Crippen LogP contribution in [0.1, 0.15) is 34.5 Å². The smallest absolute Gasteiger partial charge is 0.262 e. The number of aromatic amines is 1. The molecule has 0 saturated heterocycles. The maximum absolute atomic E-state index is 13.2. The molecule has 0 radical (unpaired) electrons. The van der Waals surface area contributed by atoms with Crippen LogP contribution >= 0.6 is 0 Å². The van der Waals surface area contributed by atoms with Crippen molar-refractivity contribution in [2.24, 2.45) is 0 Å². The van der Waals surface area contributed by atoms with E-state index in [-0.39, 0.29) is 22.0 Å². The van der Waals surface area contributed by atoms with Gasteiger partial charge in [-0.2, -0.15) is 0 Å². The highest BCUT2D eigenvalue weighted by Crippen LogP contribution is 2.33. The van der Waals surface area contributed by atoms with E-state index in [1.807, 2.05) is 12.1 Å². The van der Waals surface area contributed by atoms with Crippen molar-refractivity contribution in [3.05, 3.63) is 77.5 Å². The van der Waals surface area contributed by atoms with Gasteiger partial charge in [0.15, 0.2) is 0 Å². The maximum atomic E-state index is 13.2. The number of anilines is 2. The summed E-state index contributed by atoms with van der Waals surface area (Å²) in [6.45, 7) is 0. The number of methoxy groups -OCH3 is 1. The monoisotopic (exact) mass is 491 g/mol. The molecule has 1 aromatic heterocycles. The van der Waals surface area contributed by atoms with Crippen LogP contribution in [-0.2, 0) is 22.9 Å². The lowest BCUT2D eigenvalue weighted by Gasteiger charge is -2.13. The van der Waals surface area contributed by atoms with Crippen LogP contribution in [0, 0.1) is 0 Å². The van der Waals surface area contributed by atoms with Crippen molar-refractivity contribution in [2.45, 2.75) is 30.6 Å². The zero-order valence-electron chi connectivity index (χ0n) is 19.1. The van der Waals surface area contributed by atoms with Crippen LogP contribution in [0.25, 0.3) is 10.9 Å². The number of aromatic hydroxyl groups is 1. The normalized spacial score (nSPS) is 13.3. The van der Waals surface area contributed by atoms with Crippen molar-refractivity contribution in [3.63, 3.8) is 0 Å². The molecule has 5 rings (SSSR count). The fraction of sp³-hybridized carbons (Fsp3) is 0.192. The second kappa shape index (κ2) is 8.99. The number of carbonyl (C=O) groups is 1. The summed E-state index contributed by atoms with van der Waals surface area (Å²) in [6.07, 6.45) is 4.15. The minimum Gasteiger partial charge on any atom is -0.506 e. The van der Waals surface area contributed by atoms with Gasteiger partial charge in [0.25, 0.3) is 15.9 Å². The summed E-state index contributed by atoms with van der Waals surface area (Å²) in [6, 6.07) is 15.9. The molecule has 0 atom stereocenters. The highest BCUT2D eigenvalue weighted by Gasteiger charge is 2.22. The van der Waals surface area contributed by atoms with E-state index in [1.165, 1.54) is 30.9 Å². The topological polar surface area (TPSA) is 121 Å². The number of aromatic nitrogens is 1. The Morgan fingerprint density at radius 3 is 2.63 bits per heavy atom. The van der Waals surface area contributed by atoms with Crippen LogP contribution in [-0.4, -0.2) is 31.5 Å². The van der Waals surface area contributed by atoms with Crippen LogP contribution in [0.5, 0.6) is 11.5 Å². The Kier molecular flexibility index (Phi) is 5.86. The van der Waals surface area contributed by atoms with Crippen molar-refractivity contribution < 1.29 is 23.1 Å². The number of aryl methyl sites for hydroxylation is 2. The van der Waals surface area contributed by atoms with Crippen molar-refractivity contribution >= 4 is 38.2 Å². The molecule has 0 spiro atoms. The molecule has 1 heterocycles. The third kappa shape index (κ3) is 4.30. The average molecular weight is 492 g/mol. The number of para-hydroxylation sites is 3. The van der Waals surface area contributed by atoms with Crippen LogP contribution in [0.3, 0.4) is 0 Å². The number of fused-ring (bicyclic) bond motifs is 3. The SMILES string of the molecule is COc1ccccc1NS(=O)(=O)c1ccc(O)c(NC(=O)c2cccc3c4c([nH]c23)CCCC4)c1. The molecule has 180 valence electrons. The Morgan fingerprint density at radius 2 is 1.80 bits per heavy atom. The van der Waals surface area contributed by atoms with E-state index >= 15 is 0 Å². The average Bonchev–Trinajstić information content (AvgIpc) is 3.24. The number of nitrogens with one attached hydrogen (secondary N) is 3. The molecular weight excluding hydrogens is 466 g/mol. The van der Waals surface area contributed by atoms with E-state index in [0.29, 0.717) is 11.3 Å². The summed E-state index contributed by atoms with van der Waals surface area (Å²) in [5, 5.41) is 14.1. The molecule has 3 aromatic carbocycles. The number of phenols is 1. The van der Waals surface area contributed by atoms with Gasteiger partial charge >= 0.3 is 0 Å². The van der Waals surface area contributed by atoms with E-state index < -0.39 is 15.9 Å². The van der Waals surface area contributed by atoms with Gasteiger partial charge in [0.2, 0.25) is 0 Å². The quantitative estimate of drug-likeness (QED) is 0.288. The van der Waals surface area contributed by atoms with Crippen LogP contribution in [0.15, 0.2) is 65.6 Å². The van der Waals surface area contributed by atoms with Crippen molar-refractivity contribution in [2.75, 3.05) is 17.1 Å². The third-order valence-electron chi connectivity index (χ3n) is 6.26. The second-order valence-corrected chi connectivity index (χ2v) is 10.1. The molecule has 1 amide bonds. The van der Waals surface area contributed by atoms with Gasteiger partial charge in [0, 0.05) is 11.1 Å². The largest absolute Gasteiger partial charge is 0.506 e. The molecule has 4 N–H and O–H groups in total. The Labute approximate surface area is 203 Å². The van der Waals surface area contributed by atoms with Crippen molar-refractivity contribution in [1.29, 1.82) is 0 Å². The number of rotatable bonds is 6. The molecule has 0 fully saturated rings. The van der Waals surface area contributed by atoms with E-state index in [2.05, 4.69) is 15.0 Å². The lowest BCUT2D eigenvalue weighted by molar-refractivity contribution is 0.102. The van der Waals surface area contributed by atoms with E-state index in [1.54, 1.807) is 30.3 Å². The predicted octanol–water partition coefficient (Wildman–Crippen LogP) is 4.81. The van der Waals surface area contributed by atoms with Gasteiger partial charge in [-0.3, -0.25) is 9.52 Å². The minimum absolute atomic E-state index is 0.00813. The van der Waals surface area contributed by atoms with E-state index in [0.717, 1.165) is 42.3 Å². The summed E-state index contributed by atoms with van der Waals surface area (Å²) in [7, 11) is -2.57. The van der Waals surface area contributed by atoms with Gasteiger partial charge in [-0.25, -0.2) is 8.42 Å². The first-order chi connectivity index (χ1) is 16.9. The number of carbonyl (C=O) groups excluding carboxylic acids is 1. The number of hydrogen-bond acceptors (Lipinski definition) is 5. The molecule has 1 aliphatic rings. The number of ether oxygens (including phenoxy) is 1. The number of H-pyrrole nitrogens is 1. The number of benzene rings is 3. The molecule has 0 aliphatic heterocycles. The fourth-order valence-corrected chi connectivity index (χ4v) is 5.62. The van der Waals surface area contributed by atoms with Crippen LogP contribution in [0.2, 0.25) is 0 Å². The molecule has 0 unspecified atom stereocenters. The third-order valence-corrected chi connectivity index (χ3v) is 7.62. The fourth-order valence-electron chi connectivity index (χ4n) is 4.52. The van der Waals surface area contributed by atoms with Crippen molar-refractivity contribution in [1.82, 2.24) is 4.98 Å².